The van der Waals surface area contributed by atoms with Crippen LogP contribution in [-0.2, 0) is 6.54 Å². The third-order valence-electron chi connectivity index (χ3n) is 2.87. The summed E-state index contributed by atoms with van der Waals surface area (Å²) in [4.78, 5) is 22.2. The molecule has 0 spiro atoms. The van der Waals surface area contributed by atoms with Crippen LogP contribution in [0, 0.1) is 0 Å². The van der Waals surface area contributed by atoms with E-state index in [2.05, 4.69) is 20.3 Å². The van der Waals surface area contributed by atoms with E-state index < -0.39 is 6.09 Å². The van der Waals surface area contributed by atoms with E-state index in [1.165, 1.54) is 0 Å². The minimum absolute atomic E-state index is 0.131. The number of aromatic nitrogens is 3. The fourth-order valence-corrected chi connectivity index (χ4v) is 1.96. The molecule has 0 fully saturated rings. The van der Waals surface area contributed by atoms with Crippen molar-refractivity contribution in [3.8, 4) is 11.3 Å². The number of fused-ring (bicyclic) bond motifs is 1. The molecule has 3 N–H and O–H groups in total. The summed E-state index contributed by atoms with van der Waals surface area (Å²) in [5.41, 5.74) is 3.21. The summed E-state index contributed by atoms with van der Waals surface area (Å²) in [6, 6.07) is 13.6. The Morgan fingerprint density at radius 2 is 1.95 bits per heavy atom. The summed E-state index contributed by atoms with van der Waals surface area (Å²) in [7, 11) is 0. The van der Waals surface area contributed by atoms with Crippen molar-refractivity contribution in [3.05, 3.63) is 48.3 Å². The van der Waals surface area contributed by atoms with Crippen molar-refractivity contribution in [3.63, 3.8) is 0 Å². The molecule has 0 unspecified atom stereocenters. The van der Waals surface area contributed by atoms with Crippen LogP contribution in [0.3, 0.4) is 0 Å². The van der Waals surface area contributed by atoms with Gasteiger partial charge in [0.05, 0.1) is 17.8 Å². The van der Waals surface area contributed by atoms with Gasteiger partial charge < -0.3 is 15.4 Å². The van der Waals surface area contributed by atoms with Crippen LogP contribution in [0.15, 0.2) is 42.5 Å². The molecule has 0 aliphatic heterocycles. The Kier molecular flexibility index (Phi) is 3.04. The summed E-state index contributed by atoms with van der Waals surface area (Å²) >= 11 is 0. The number of pyridine rings is 1. The maximum absolute atomic E-state index is 10.5. The molecule has 0 aliphatic rings. The first kappa shape index (κ1) is 12.2. The second-order valence-electron chi connectivity index (χ2n) is 4.28. The minimum Gasteiger partial charge on any atom is -0.465 e. The van der Waals surface area contributed by atoms with Crippen molar-refractivity contribution in [2.24, 2.45) is 0 Å². The van der Waals surface area contributed by atoms with E-state index >= 15 is 0 Å². The maximum Gasteiger partial charge on any atom is 0.405 e. The van der Waals surface area contributed by atoms with E-state index in [-0.39, 0.29) is 6.54 Å². The number of imidazole rings is 1. The molecule has 0 saturated heterocycles. The summed E-state index contributed by atoms with van der Waals surface area (Å²) in [5, 5.41) is 10.8. The number of carboxylic acid groups (broad SMARTS) is 1. The second-order valence-corrected chi connectivity index (χ2v) is 4.28. The molecule has 0 atom stereocenters. The standard InChI is InChI=1S/C14H12N4O2/c19-14(20)15-8-12-16-11-7-6-10(17-13(11)18-12)9-4-2-1-3-5-9/h1-7,15H,8H2,(H,19,20)(H,16,17,18). The van der Waals surface area contributed by atoms with Crippen LogP contribution in [0.25, 0.3) is 22.4 Å². The van der Waals surface area contributed by atoms with E-state index in [0.717, 1.165) is 16.8 Å². The SMILES string of the molecule is O=C(O)NCc1nc2nc(-c3ccccc3)ccc2[nH]1. The first-order valence-electron chi connectivity index (χ1n) is 6.10. The largest absolute Gasteiger partial charge is 0.465 e. The lowest BCUT2D eigenvalue weighted by Gasteiger charge is -1.99. The van der Waals surface area contributed by atoms with Gasteiger partial charge in [-0.2, -0.15) is 0 Å². The predicted octanol–water partition coefficient (Wildman–Crippen LogP) is 2.39. The molecular weight excluding hydrogens is 256 g/mol. The van der Waals surface area contributed by atoms with E-state index in [0.29, 0.717) is 11.5 Å². The molecule has 6 heteroatoms. The smallest absolute Gasteiger partial charge is 0.405 e. The minimum atomic E-state index is -1.08. The van der Waals surface area contributed by atoms with Gasteiger partial charge in [-0.05, 0) is 12.1 Å². The number of nitrogens with one attached hydrogen (secondary N) is 2. The highest BCUT2D eigenvalue weighted by atomic mass is 16.4. The Hall–Kier alpha value is -2.89. The Morgan fingerprint density at radius 3 is 2.70 bits per heavy atom. The van der Waals surface area contributed by atoms with E-state index in [1.54, 1.807) is 0 Å². The lowest BCUT2D eigenvalue weighted by molar-refractivity contribution is 0.193. The number of benzene rings is 1. The van der Waals surface area contributed by atoms with Gasteiger partial charge in [0.25, 0.3) is 0 Å². The molecule has 0 bridgehead atoms. The van der Waals surface area contributed by atoms with Gasteiger partial charge in [0.15, 0.2) is 5.65 Å². The van der Waals surface area contributed by atoms with Gasteiger partial charge in [0, 0.05) is 5.56 Å². The maximum atomic E-state index is 10.5. The zero-order chi connectivity index (χ0) is 13.9. The Bertz CT molecular complexity index is 752. The zero-order valence-electron chi connectivity index (χ0n) is 10.5. The number of hydrogen-bond donors (Lipinski definition) is 3. The first-order valence-corrected chi connectivity index (χ1v) is 6.10. The summed E-state index contributed by atoms with van der Waals surface area (Å²) in [6.45, 7) is 0.131. The summed E-state index contributed by atoms with van der Waals surface area (Å²) < 4.78 is 0. The molecule has 0 radical (unpaired) electrons. The molecule has 2 aromatic heterocycles. The van der Waals surface area contributed by atoms with Gasteiger partial charge in [0.2, 0.25) is 0 Å². The Morgan fingerprint density at radius 1 is 1.15 bits per heavy atom. The van der Waals surface area contributed by atoms with Gasteiger partial charge >= 0.3 is 6.09 Å². The highest BCUT2D eigenvalue weighted by Gasteiger charge is 2.07. The van der Waals surface area contributed by atoms with Gasteiger partial charge in [-0.1, -0.05) is 30.3 Å². The van der Waals surface area contributed by atoms with E-state index in [4.69, 9.17) is 5.11 Å². The Labute approximate surface area is 114 Å². The summed E-state index contributed by atoms with van der Waals surface area (Å²) in [6.07, 6.45) is -1.08. The number of aromatic amines is 1. The average molecular weight is 268 g/mol. The predicted molar refractivity (Wildman–Crippen MR) is 74.2 cm³/mol. The van der Waals surface area contributed by atoms with Crippen molar-refractivity contribution >= 4 is 17.3 Å². The molecule has 6 nitrogen and oxygen atoms in total. The number of hydrogen-bond acceptors (Lipinski definition) is 3. The third kappa shape index (κ3) is 2.44. The Balaban J connectivity index is 1.93. The first-order chi connectivity index (χ1) is 9.72. The quantitative estimate of drug-likeness (QED) is 0.680. The van der Waals surface area contributed by atoms with Gasteiger partial charge in [-0.15, -0.1) is 0 Å². The summed E-state index contributed by atoms with van der Waals surface area (Å²) in [5.74, 6) is 0.542. The van der Waals surface area contributed by atoms with Gasteiger partial charge in [-0.25, -0.2) is 14.8 Å². The van der Waals surface area contributed by atoms with Crippen molar-refractivity contribution in [1.82, 2.24) is 20.3 Å². The van der Waals surface area contributed by atoms with Crippen LogP contribution in [0.1, 0.15) is 5.82 Å². The highest BCUT2D eigenvalue weighted by Crippen LogP contribution is 2.19. The van der Waals surface area contributed by atoms with Crippen molar-refractivity contribution in [2.75, 3.05) is 0 Å². The second kappa shape index (κ2) is 5.00. The number of rotatable bonds is 3. The van der Waals surface area contributed by atoms with Crippen LogP contribution in [0.2, 0.25) is 0 Å². The highest BCUT2D eigenvalue weighted by molar-refractivity contribution is 5.75. The van der Waals surface area contributed by atoms with E-state index in [9.17, 15) is 4.79 Å². The van der Waals surface area contributed by atoms with Crippen molar-refractivity contribution in [2.45, 2.75) is 6.54 Å². The zero-order valence-corrected chi connectivity index (χ0v) is 10.5. The van der Waals surface area contributed by atoms with Gasteiger partial charge in [-0.3, -0.25) is 0 Å². The molecule has 0 aliphatic carbocycles. The molecule has 100 valence electrons. The third-order valence-corrected chi connectivity index (χ3v) is 2.87. The molecular formula is C14H12N4O2. The average Bonchev–Trinajstić information content (AvgIpc) is 2.88. The van der Waals surface area contributed by atoms with E-state index in [1.807, 2.05) is 42.5 Å². The molecule has 3 rings (SSSR count). The monoisotopic (exact) mass is 268 g/mol. The number of carbonyl (C=O) groups is 1. The number of nitrogens with zero attached hydrogens (tertiary/aromatic N) is 2. The molecule has 1 aromatic carbocycles. The molecule has 2 heterocycles. The molecule has 3 aromatic rings. The fraction of sp³-hybridized carbons (Fsp3) is 0.0714. The lowest BCUT2D eigenvalue weighted by atomic mass is 10.1. The topological polar surface area (TPSA) is 90.9 Å². The number of H-pyrrole nitrogens is 1. The van der Waals surface area contributed by atoms with Crippen LogP contribution in [0.4, 0.5) is 4.79 Å². The van der Waals surface area contributed by atoms with Crippen LogP contribution < -0.4 is 5.32 Å². The van der Waals surface area contributed by atoms with Crippen LogP contribution in [0.5, 0.6) is 0 Å². The van der Waals surface area contributed by atoms with Crippen molar-refractivity contribution < 1.29 is 9.90 Å². The lowest BCUT2D eigenvalue weighted by Crippen LogP contribution is -2.20. The van der Waals surface area contributed by atoms with Crippen LogP contribution in [-0.4, -0.2) is 26.2 Å². The van der Waals surface area contributed by atoms with Crippen molar-refractivity contribution in [1.29, 1.82) is 0 Å². The normalized spacial score (nSPS) is 10.6. The number of amides is 1. The van der Waals surface area contributed by atoms with Crippen LogP contribution >= 0.6 is 0 Å². The molecule has 20 heavy (non-hydrogen) atoms. The molecule has 0 saturated carbocycles. The molecule has 1 amide bonds. The van der Waals surface area contributed by atoms with Gasteiger partial charge in [0.1, 0.15) is 5.82 Å². The fourth-order valence-electron chi connectivity index (χ4n) is 1.96.